The Morgan fingerprint density at radius 3 is 2.67 bits per heavy atom. The molecule has 0 unspecified atom stereocenters. The van der Waals surface area contributed by atoms with Gasteiger partial charge in [0.05, 0.1) is 17.7 Å². The molecule has 1 saturated heterocycles. The van der Waals surface area contributed by atoms with Gasteiger partial charge in [0.15, 0.2) is 0 Å². The van der Waals surface area contributed by atoms with Crippen molar-refractivity contribution in [1.82, 2.24) is 10.3 Å². The third-order valence-electron chi connectivity index (χ3n) is 3.90. The monoisotopic (exact) mass is 285 g/mol. The van der Waals surface area contributed by atoms with Crippen LogP contribution >= 0.6 is 0 Å². The summed E-state index contributed by atoms with van der Waals surface area (Å²) in [6.07, 6.45) is 0.490. The number of ether oxygens (including phenoxy) is 1. The van der Waals surface area contributed by atoms with Crippen molar-refractivity contribution < 1.29 is 4.74 Å². The van der Waals surface area contributed by atoms with E-state index in [2.05, 4.69) is 48.3 Å². The molecular formula is C17H23N3O. The first kappa shape index (κ1) is 14.3. The SMILES string of the molecule is CNCc1cc(N2C[C@@H](C)O[C@@H](C)C2)nc2ccccc12. The third kappa shape index (κ3) is 3.01. The number of aromatic nitrogens is 1. The quantitative estimate of drug-likeness (QED) is 0.940. The second-order valence-corrected chi connectivity index (χ2v) is 5.85. The number of nitrogens with zero attached hydrogens (tertiary/aromatic N) is 2. The van der Waals surface area contributed by atoms with Crippen LogP contribution in [0.25, 0.3) is 10.9 Å². The Bertz CT molecular complexity index is 618. The number of para-hydroxylation sites is 1. The van der Waals surface area contributed by atoms with E-state index < -0.39 is 0 Å². The van der Waals surface area contributed by atoms with Gasteiger partial charge >= 0.3 is 0 Å². The Balaban J connectivity index is 2.02. The smallest absolute Gasteiger partial charge is 0.129 e. The molecule has 2 atom stereocenters. The maximum atomic E-state index is 5.82. The first-order valence-electron chi connectivity index (χ1n) is 7.61. The topological polar surface area (TPSA) is 37.4 Å². The lowest BCUT2D eigenvalue weighted by molar-refractivity contribution is -0.00544. The molecule has 0 radical (unpaired) electrons. The zero-order chi connectivity index (χ0) is 14.8. The lowest BCUT2D eigenvalue weighted by Crippen LogP contribution is -2.45. The lowest BCUT2D eigenvalue weighted by Gasteiger charge is -2.36. The summed E-state index contributed by atoms with van der Waals surface area (Å²) in [7, 11) is 1.98. The number of fused-ring (bicyclic) bond motifs is 1. The van der Waals surface area contributed by atoms with Crippen molar-refractivity contribution in [1.29, 1.82) is 0 Å². The number of benzene rings is 1. The zero-order valence-electron chi connectivity index (χ0n) is 13.0. The predicted octanol–water partition coefficient (Wildman–Crippen LogP) is 2.57. The van der Waals surface area contributed by atoms with Crippen molar-refractivity contribution in [2.75, 3.05) is 25.0 Å². The molecular weight excluding hydrogens is 262 g/mol. The van der Waals surface area contributed by atoms with Crippen molar-refractivity contribution in [2.45, 2.75) is 32.6 Å². The average Bonchev–Trinajstić information content (AvgIpc) is 2.46. The van der Waals surface area contributed by atoms with E-state index in [4.69, 9.17) is 9.72 Å². The van der Waals surface area contributed by atoms with Gasteiger partial charge in [-0.2, -0.15) is 0 Å². The molecule has 4 nitrogen and oxygen atoms in total. The van der Waals surface area contributed by atoms with E-state index in [9.17, 15) is 0 Å². The fourth-order valence-corrected chi connectivity index (χ4v) is 3.10. The molecule has 1 aliphatic rings. The normalized spacial score (nSPS) is 22.7. The van der Waals surface area contributed by atoms with E-state index >= 15 is 0 Å². The maximum Gasteiger partial charge on any atom is 0.129 e. The number of hydrogen-bond donors (Lipinski definition) is 1. The minimum absolute atomic E-state index is 0.245. The van der Waals surface area contributed by atoms with Gasteiger partial charge in [-0.15, -0.1) is 0 Å². The molecule has 0 bridgehead atoms. The fourth-order valence-electron chi connectivity index (χ4n) is 3.10. The van der Waals surface area contributed by atoms with Gasteiger partial charge in [0.2, 0.25) is 0 Å². The zero-order valence-corrected chi connectivity index (χ0v) is 13.0. The molecule has 2 heterocycles. The van der Waals surface area contributed by atoms with Crippen molar-refractivity contribution in [3.05, 3.63) is 35.9 Å². The lowest BCUT2D eigenvalue weighted by atomic mass is 10.1. The summed E-state index contributed by atoms with van der Waals surface area (Å²) in [5.74, 6) is 1.06. The summed E-state index contributed by atoms with van der Waals surface area (Å²) in [6.45, 7) is 6.89. The number of nitrogens with one attached hydrogen (secondary N) is 1. The minimum Gasteiger partial charge on any atom is -0.372 e. The fraction of sp³-hybridized carbons (Fsp3) is 0.471. The molecule has 0 amide bonds. The molecule has 1 aliphatic heterocycles. The summed E-state index contributed by atoms with van der Waals surface area (Å²) in [5.41, 5.74) is 2.36. The van der Waals surface area contributed by atoms with E-state index in [0.29, 0.717) is 0 Å². The second kappa shape index (κ2) is 6.00. The highest BCUT2D eigenvalue weighted by atomic mass is 16.5. The van der Waals surface area contributed by atoms with Crippen LogP contribution in [0.4, 0.5) is 5.82 Å². The molecule has 0 saturated carbocycles. The van der Waals surface area contributed by atoms with Crippen LogP contribution in [0.3, 0.4) is 0 Å². The van der Waals surface area contributed by atoms with Gasteiger partial charge in [0.1, 0.15) is 5.82 Å². The Hall–Kier alpha value is -1.65. The molecule has 21 heavy (non-hydrogen) atoms. The Kier molecular flexibility index (Phi) is 4.08. The molecule has 0 aliphatic carbocycles. The van der Waals surface area contributed by atoms with Crippen LogP contribution in [-0.2, 0) is 11.3 Å². The van der Waals surface area contributed by atoms with Gasteiger partial charge in [0, 0.05) is 25.0 Å². The van der Waals surface area contributed by atoms with Gasteiger partial charge in [-0.3, -0.25) is 0 Å². The van der Waals surface area contributed by atoms with E-state index in [1.165, 1.54) is 10.9 Å². The largest absolute Gasteiger partial charge is 0.372 e. The van der Waals surface area contributed by atoms with E-state index in [1.807, 2.05) is 13.1 Å². The molecule has 1 fully saturated rings. The molecule has 1 aromatic carbocycles. The highest BCUT2D eigenvalue weighted by molar-refractivity contribution is 5.84. The third-order valence-corrected chi connectivity index (χ3v) is 3.90. The van der Waals surface area contributed by atoms with Crippen LogP contribution < -0.4 is 10.2 Å². The van der Waals surface area contributed by atoms with Gasteiger partial charge in [-0.05, 0) is 38.6 Å². The molecule has 2 aromatic rings. The van der Waals surface area contributed by atoms with Gasteiger partial charge < -0.3 is 15.0 Å². The summed E-state index contributed by atoms with van der Waals surface area (Å²) in [5, 5.41) is 4.48. The van der Waals surface area contributed by atoms with Crippen LogP contribution in [0.15, 0.2) is 30.3 Å². The highest BCUT2D eigenvalue weighted by Gasteiger charge is 2.23. The molecule has 1 aromatic heterocycles. The standard InChI is InChI=1S/C17H23N3O/c1-12-10-20(11-13(2)21-12)17-8-14(9-18-3)15-6-4-5-7-16(15)19-17/h4-8,12-13,18H,9-11H2,1-3H3/t12-,13+. The van der Waals surface area contributed by atoms with Crippen LogP contribution in [0.2, 0.25) is 0 Å². The number of anilines is 1. The average molecular weight is 285 g/mol. The molecule has 0 spiro atoms. The van der Waals surface area contributed by atoms with Crippen molar-refractivity contribution in [3.63, 3.8) is 0 Å². The summed E-state index contributed by atoms with van der Waals surface area (Å²) in [4.78, 5) is 7.19. The first-order valence-corrected chi connectivity index (χ1v) is 7.61. The highest BCUT2D eigenvalue weighted by Crippen LogP contribution is 2.25. The number of rotatable bonds is 3. The second-order valence-electron chi connectivity index (χ2n) is 5.85. The van der Waals surface area contributed by atoms with Crippen molar-refractivity contribution >= 4 is 16.7 Å². The van der Waals surface area contributed by atoms with Gasteiger partial charge in [-0.1, -0.05) is 18.2 Å². The van der Waals surface area contributed by atoms with Crippen molar-refractivity contribution in [2.24, 2.45) is 0 Å². The van der Waals surface area contributed by atoms with Gasteiger partial charge in [0.25, 0.3) is 0 Å². The number of morpholine rings is 1. The van der Waals surface area contributed by atoms with Gasteiger partial charge in [-0.25, -0.2) is 4.98 Å². The van der Waals surface area contributed by atoms with Crippen LogP contribution in [0.1, 0.15) is 19.4 Å². The van der Waals surface area contributed by atoms with E-state index in [-0.39, 0.29) is 12.2 Å². The van der Waals surface area contributed by atoms with Crippen LogP contribution in [0, 0.1) is 0 Å². The summed E-state index contributed by atoms with van der Waals surface area (Å²) >= 11 is 0. The Morgan fingerprint density at radius 2 is 1.95 bits per heavy atom. The summed E-state index contributed by atoms with van der Waals surface area (Å²) < 4.78 is 5.82. The predicted molar refractivity (Wildman–Crippen MR) is 86.7 cm³/mol. The molecule has 3 rings (SSSR count). The first-order chi connectivity index (χ1) is 10.2. The van der Waals surface area contributed by atoms with E-state index in [1.54, 1.807) is 0 Å². The Labute approximate surface area is 126 Å². The molecule has 112 valence electrons. The van der Waals surface area contributed by atoms with Crippen LogP contribution in [0.5, 0.6) is 0 Å². The number of pyridine rings is 1. The number of hydrogen-bond acceptors (Lipinski definition) is 4. The maximum absolute atomic E-state index is 5.82. The molecule has 4 heteroatoms. The van der Waals surface area contributed by atoms with E-state index in [0.717, 1.165) is 31.0 Å². The summed E-state index contributed by atoms with van der Waals surface area (Å²) in [6, 6.07) is 10.6. The Morgan fingerprint density at radius 1 is 1.24 bits per heavy atom. The molecule has 1 N–H and O–H groups in total. The van der Waals surface area contributed by atoms with Crippen molar-refractivity contribution in [3.8, 4) is 0 Å². The minimum atomic E-state index is 0.245. The van der Waals surface area contributed by atoms with Crippen LogP contribution in [-0.4, -0.2) is 37.3 Å².